The van der Waals surface area contributed by atoms with Gasteiger partial charge in [-0.3, -0.25) is 4.90 Å². The van der Waals surface area contributed by atoms with E-state index in [1.165, 1.54) is 0 Å². The van der Waals surface area contributed by atoms with Gasteiger partial charge in [-0.15, -0.1) is 0 Å². The van der Waals surface area contributed by atoms with Gasteiger partial charge in [-0.05, 0) is 69.7 Å². The van der Waals surface area contributed by atoms with Gasteiger partial charge in [0.25, 0.3) is 0 Å². The summed E-state index contributed by atoms with van der Waals surface area (Å²) >= 11 is 6.01. The summed E-state index contributed by atoms with van der Waals surface area (Å²) in [4.78, 5) is 30.5. The molecule has 2 aliphatic rings. The van der Waals surface area contributed by atoms with E-state index in [0.717, 1.165) is 42.5 Å². The number of nitrogens with one attached hydrogen (secondary N) is 1. The molecular weight excluding hydrogens is 558 g/mol. The quantitative estimate of drug-likeness (QED) is 0.368. The second kappa shape index (κ2) is 14.6. The molecule has 1 saturated heterocycles. The number of hydrogen-bond donors (Lipinski definition) is 2. The highest BCUT2D eigenvalue weighted by molar-refractivity contribution is 6.30. The molecule has 0 saturated carbocycles. The van der Waals surface area contributed by atoms with Crippen molar-refractivity contribution in [2.75, 3.05) is 57.4 Å². The number of dihydropyridines is 1. The number of halogens is 1. The maximum atomic E-state index is 13.0. The lowest BCUT2D eigenvalue weighted by Crippen LogP contribution is -2.49. The Bertz CT molecular complexity index is 1260. The van der Waals surface area contributed by atoms with Crippen molar-refractivity contribution in [3.63, 3.8) is 0 Å². The number of benzene rings is 2. The predicted molar refractivity (Wildman–Crippen MR) is 163 cm³/mol. The minimum atomic E-state index is -0.657. The van der Waals surface area contributed by atoms with Crippen molar-refractivity contribution < 1.29 is 28.9 Å². The van der Waals surface area contributed by atoms with Gasteiger partial charge in [0.1, 0.15) is 18.5 Å². The fraction of sp³-hybridized carbons (Fsp3) is 0.438. The van der Waals surface area contributed by atoms with Crippen LogP contribution in [0, 0.1) is 0 Å². The Labute approximate surface area is 252 Å². The first-order valence-electron chi connectivity index (χ1n) is 14.4. The third kappa shape index (κ3) is 7.65. The third-order valence-corrected chi connectivity index (χ3v) is 7.69. The normalized spacial score (nSPS) is 17.1. The SMILES string of the molecule is CCOC(=O)C1=C(C)NC(C)=C(C(=O)OCC)C1c1ccc(OCC(O)CN2CCN(c3ccc(Cl)cc3)CC2)cc1. The summed E-state index contributed by atoms with van der Waals surface area (Å²) in [6.45, 7) is 11.6. The first kappa shape index (κ1) is 31.4. The Morgan fingerprint density at radius 2 is 1.45 bits per heavy atom. The number of piperazine rings is 1. The summed E-state index contributed by atoms with van der Waals surface area (Å²) in [6, 6.07) is 15.1. The zero-order valence-electron chi connectivity index (χ0n) is 24.7. The third-order valence-electron chi connectivity index (χ3n) is 7.44. The van der Waals surface area contributed by atoms with E-state index in [-0.39, 0.29) is 19.8 Å². The number of hydrogen-bond acceptors (Lipinski definition) is 9. The van der Waals surface area contributed by atoms with Gasteiger partial charge >= 0.3 is 11.9 Å². The first-order chi connectivity index (χ1) is 20.2. The summed E-state index contributed by atoms with van der Waals surface area (Å²) in [5, 5.41) is 14.5. The van der Waals surface area contributed by atoms with Crippen LogP contribution in [0.1, 0.15) is 39.2 Å². The van der Waals surface area contributed by atoms with Crippen LogP contribution in [0.3, 0.4) is 0 Å². The molecule has 1 unspecified atom stereocenters. The van der Waals surface area contributed by atoms with Gasteiger partial charge in [0.15, 0.2) is 0 Å². The molecule has 2 N–H and O–H groups in total. The lowest BCUT2D eigenvalue weighted by Gasteiger charge is -2.36. The number of anilines is 1. The van der Waals surface area contributed by atoms with Crippen molar-refractivity contribution in [1.82, 2.24) is 10.2 Å². The standard InChI is InChI=1S/C32H40ClN3O6/c1-5-40-31(38)28-21(3)34-22(4)29(32(39)41-6-2)30(28)23-7-13-27(14-8-23)42-20-26(37)19-35-15-17-36(18-16-35)25-11-9-24(33)10-12-25/h7-14,26,30,34,37H,5-6,15-20H2,1-4H3. The van der Waals surface area contributed by atoms with E-state index >= 15 is 0 Å². The number of rotatable bonds is 11. The Balaban J connectivity index is 1.37. The second-order valence-electron chi connectivity index (χ2n) is 10.4. The molecule has 0 radical (unpaired) electrons. The van der Waals surface area contributed by atoms with E-state index in [0.29, 0.717) is 34.8 Å². The Morgan fingerprint density at radius 3 is 1.98 bits per heavy atom. The number of esters is 2. The van der Waals surface area contributed by atoms with Crippen LogP contribution in [0.4, 0.5) is 5.69 Å². The second-order valence-corrected chi connectivity index (χ2v) is 10.8. The van der Waals surface area contributed by atoms with Crippen molar-refractivity contribution in [2.45, 2.75) is 39.7 Å². The zero-order chi connectivity index (χ0) is 30.2. The highest BCUT2D eigenvalue weighted by Gasteiger charge is 2.38. The van der Waals surface area contributed by atoms with E-state index in [1.807, 2.05) is 36.4 Å². The molecule has 2 aliphatic heterocycles. The maximum Gasteiger partial charge on any atom is 0.336 e. The minimum absolute atomic E-state index is 0.143. The van der Waals surface area contributed by atoms with E-state index < -0.39 is 24.0 Å². The topological polar surface area (TPSA) is 101 Å². The Hall–Kier alpha value is -3.53. The summed E-state index contributed by atoms with van der Waals surface area (Å²) in [7, 11) is 0. The average molecular weight is 598 g/mol. The van der Waals surface area contributed by atoms with Crippen molar-refractivity contribution in [2.24, 2.45) is 0 Å². The van der Waals surface area contributed by atoms with Crippen LogP contribution in [0.25, 0.3) is 0 Å². The average Bonchev–Trinajstić information content (AvgIpc) is 2.97. The highest BCUT2D eigenvalue weighted by Crippen LogP contribution is 2.39. The summed E-state index contributed by atoms with van der Waals surface area (Å²) in [6.07, 6.45) is -0.654. The number of carbonyl (C=O) groups is 2. The number of aliphatic hydroxyl groups is 1. The minimum Gasteiger partial charge on any atom is -0.491 e. The van der Waals surface area contributed by atoms with E-state index in [9.17, 15) is 14.7 Å². The number of aliphatic hydroxyl groups excluding tert-OH is 1. The number of ether oxygens (including phenoxy) is 3. The van der Waals surface area contributed by atoms with Gasteiger partial charge in [0, 0.05) is 54.8 Å². The van der Waals surface area contributed by atoms with Crippen LogP contribution >= 0.6 is 11.6 Å². The molecule has 1 fully saturated rings. The van der Waals surface area contributed by atoms with Crippen LogP contribution < -0.4 is 15.0 Å². The molecule has 2 aromatic rings. The molecule has 9 nitrogen and oxygen atoms in total. The van der Waals surface area contributed by atoms with Crippen LogP contribution in [-0.2, 0) is 19.1 Å². The van der Waals surface area contributed by atoms with E-state index in [4.69, 9.17) is 25.8 Å². The molecule has 0 aromatic heterocycles. The number of nitrogens with zero attached hydrogens (tertiary/aromatic N) is 2. The van der Waals surface area contributed by atoms with Gasteiger partial charge in [-0.1, -0.05) is 23.7 Å². The molecule has 4 rings (SSSR count). The largest absolute Gasteiger partial charge is 0.491 e. The number of β-amino-alcohol motifs (C(OH)–C–C–N with tert-alkyl or cyclic N) is 1. The van der Waals surface area contributed by atoms with Crippen molar-refractivity contribution in [3.8, 4) is 5.75 Å². The zero-order valence-corrected chi connectivity index (χ0v) is 25.4. The fourth-order valence-electron chi connectivity index (χ4n) is 5.43. The molecule has 0 bridgehead atoms. The number of allylic oxidation sites excluding steroid dienone is 2. The lowest BCUT2D eigenvalue weighted by atomic mass is 9.80. The van der Waals surface area contributed by atoms with Crippen LogP contribution in [0.15, 0.2) is 71.1 Å². The smallest absolute Gasteiger partial charge is 0.336 e. The molecule has 0 amide bonds. The molecule has 0 aliphatic carbocycles. The molecule has 0 spiro atoms. The van der Waals surface area contributed by atoms with Crippen molar-refractivity contribution >= 4 is 29.2 Å². The monoisotopic (exact) mass is 597 g/mol. The Morgan fingerprint density at radius 1 is 0.905 bits per heavy atom. The van der Waals surface area contributed by atoms with Crippen molar-refractivity contribution in [3.05, 3.63) is 81.7 Å². The van der Waals surface area contributed by atoms with Gasteiger partial charge < -0.3 is 29.5 Å². The number of carbonyl (C=O) groups excluding carboxylic acids is 2. The molecule has 10 heteroatoms. The van der Waals surface area contributed by atoms with Gasteiger partial charge in [-0.25, -0.2) is 9.59 Å². The summed E-state index contributed by atoms with van der Waals surface area (Å²) < 4.78 is 16.6. The van der Waals surface area contributed by atoms with E-state index in [2.05, 4.69) is 15.1 Å². The van der Waals surface area contributed by atoms with Gasteiger partial charge in [-0.2, -0.15) is 0 Å². The molecule has 2 aromatic carbocycles. The van der Waals surface area contributed by atoms with Crippen molar-refractivity contribution in [1.29, 1.82) is 0 Å². The van der Waals surface area contributed by atoms with Crippen LogP contribution in [-0.4, -0.2) is 80.6 Å². The summed E-state index contributed by atoms with van der Waals surface area (Å²) in [5.74, 6) is -1.05. The van der Waals surface area contributed by atoms with Gasteiger partial charge in [0.2, 0.25) is 0 Å². The molecule has 226 valence electrons. The first-order valence-corrected chi connectivity index (χ1v) is 14.8. The molecule has 42 heavy (non-hydrogen) atoms. The van der Waals surface area contributed by atoms with E-state index in [1.54, 1.807) is 39.8 Å². The van der Waals surface area contributed by atoms with Gasteiger partial charge in [0.05, 0.1) is 30.3 Å². The molecule has 2 heterocycles. The van der Waals surface area contributed by atoms with Crippen LogP contribution in [0.2, 0.25) is 5.02 Å². The predicted octanol–water partition coefficient (Wildman–Crippen LogP) is 4.26. The maximum absolute atomic E-state index is 13.0. The highest BCUT2D eigenvalue weighted by atomic mass is 35.5. The summed E-state index contributed by atoms with van der Waals surface area (Å²) in [5.41, 5.74) is 3.86. The fourth-order valence-corrected chi connectivity index (χ4v) is 5.55. The van der Waals surface area contributed by atoms with Crippen LogP contribution in [0.5, 0.6) is 5.75 Å². The molecule has 1 atom stereocenters. The lowest BCUT2D eigenvalue weighted by molar-refractivity contribution is -0.139. The molecular formula is C32H40ClN3O6. The Kier molecular flexibility index (Phi) is 10.9.